The summed E-state index contributed by atoms with van der Waals surface area (Å²) in [6, 6.07) is 24.1. The minimum Gasteiger partial charge on any atom is -0.392 e. The summed E-state index contributed by atoms with van der Waals surface area (Å²) in [4.78, 5) is 30.2. The summed E-state index contributed by atoms with van der Waals surface area (Å²) in [6.45, 7) is 4.09. The molecule has 4 aromatic carbocycles. The van der Waals surface area contributed by atoms with E-state index in [2.05, 4.69) is 27.4 Å². The van der Waals surface area contributed by atoms with Gasteiger partial charge in [0.2, 0.25) is 11.7 Å². The van der Waals surface area contributed by atoms with Crippen LogP contribution < -0.4 is 15.5 Å². The van der Waals surface area contributed by atoms with Crippen molar-refractivity contribution in [2.45, 2.75) is 57.0 Å². The number of aliphatic hydroxyl groups excluding tert-OH is 1. The Bertz CT molecular complexity index is 1970. The number of nitrogens with one attached hydrogen (secondary N) is 2. The molecule has 2 amide bonds. The number of carbonyl (C=O) groups is 2. The average Bonchev–Trinajstić information content (AvgIpc) is 3.51. The van der Waals surface area contributed by atoms with Crippen molar-refractivity contribution in [1.82, 2.24) is 15.5 Å². The first-order chi connectivity index (χ1) is 26.0. The zero-order valence-electron chi connectivity index (χ0n) is 29.3. The molecule has 3 fully saturated rings. The van der Waals surface area contributed by atoms with Gasteiger partial charge in [-0.25, -0.2) is 22.0 Å². The summed E-state index contributed by atoms with van der Waals surface area (Å²) in [5.74, 6) is -12.7. The summed E-state index contributed by atoms with van der Waals surface area (Å²) < 4.78 is 82.3. The number of likely N-dealkylation sites (tertiary alicyclic amines) is 1. The Morgan fingerprint density at radius 2 is 1.43 bits per heavy atom. The molecule has 3 heterocycles. The van der Waals surface area contributed by atoms with Gasteiger partial charge >= 0.3 is 0 Å². The fraction of sp³-hybridized carbons (Fsp3) is 0.350. The highest BCUT2D eigenvalue weighted by molar-refractivity contribution is 5.95. The molecule has 4 aromatic rings. The largest absolute Gasteiger partial charge is 0.392 e. The summed E-state index contributed by atoms with van der Waals surface area (Å²) in [6.07, 6.45) is -0.196. The number of carbonyl (C=O) groups excluding carboxylic acids is 2. The minimum absolute atomic E-state index is 0.0359. The molecule has 3 saturated heterocycles. The molecule has 0 aromatic heterocycles. The molecule has 14 heteroatoms. The molecule has 0 unspecified atom stereocenters. The number of nitrogens with zero attached hydrogens (tertiary/aromatic N) is 2. The third-order valence-corrected chi connectivity index (χ3v) is 10.8. The van der Waals surface area contributed by atoms with Crippen molar-refractivity contribution in [1.29, 1.82) is 0 Å². The smallest absolute Gasteiger partial charge is 0.257 e. The minimum atomic E-state index is -2.34. The number of para-hydroxylation sites is 1. The molecule has 0 bridgehead atoms. The van der Waals surface area contributed by atoms with Gasteiger partial charge in [-0.15, -0.1) is 0 Å². The molecule has 4 atom stereocenters. The first-order valence-electron chi connectivity index (χ1n) is 17.7. The number of halogens is 5. The maximum atomic E-state index is 14.2. The van der Waals surface area contributed by atoms with Crippen LogP contribution in [0.2, 0.25) is 0 Å². The third kappa shape index (κ3) is 7.06. The summed E-state index contributed by atoms with van der Waals surface area (Å²) >= 11 is 0. The first-order valence-corrected chi connectivity index (χ1v) is 17.7. The molecular formula is C40H39F5N4O5. The number of anilines is 1. The van der Waals surface area contributed by atoms with Crippen LogP contribution in [0.25, 0.3) is 0 Å². The maximum Gasteiger partial charge on any atom is 0.257 e. The first kappa shape index (κ1) is 37.4. The van der Waals surface area contributed by atoms with Gasteiger partial charge in [-0.1, -0.05) is 73.7 Å². The highest BCUT2D eigenvalue weighted by atomic mass is 19.2. The molecule has 3 aliphatic heterocycles. The lowest BCUT2D eigenvalue weighted by Gasteiger charge is -2.46. The molecular weight excluding hydrogens is 711 g/mol. The zero-order valence-corrected chi connectivity index (χ0v) is 29.3. The molecule has 7 rings (SSSR count). The van der Waals surface area contributed by atoms with Crippen LogP contribution in [0.5, 0.6) is 0 Å². The lowest BCUT2D eigenvalue weighted by atomic mass is 9.84. The predicted molar refractivity (Wildman–Crippen MR) is 187 cm³/mol. The van der Waals surface area contributed by atoms with Crippen molar-refractivity contribution in [3.63, 3.8) is 0 Å². The van der Waals surface area contributed by atoms with E-state index in [0.717, 1.165) is 16.8 Å². The van der Waals surface area contributed by atoms with Crippen molar-refractivity contribution in [3.8, 4) is 0 Å². The second-order valence-electron chi connectivity index (χ2n) is 14.0. The van der Waals surface area contributed by atoms with Gasteiger partial charge in [-0.2, -0.15) is 0 Å². The van der Waals surface area contributed by atoms with Gasteiger partial charge in [-0.05, 0) is 41.7 Å². The van der Waals surface area contributed by atoms with E-state index in [4.69, 9.17) is 9.47 Å². The van der Waals surface area contributed by atoms with E-state index in [0.29, 0.717) is 50.3 Å². The lowest BCUT2D eigenvalue weighted by molar-refractivity contribution is -0.276. The Balaban J connectivity index is 1.06. The van der Waals surface area contributed by atoms with Gasteiger partial charge in [0.05, 0.1) is 25.5 Å². The van der Waals surface area contributed by atoms with Crippen molar-refractivity contribution in [3.05, 3.63) is 136 Å². The zero-order chi connectivity index (χ0) is 38.1. The molecule has 1 spiro atoms. The van der Waals surface area contributed by atoms with E-state index in [1.165, 1.54) is 0 Å². The Labute approximate surface area is 308 Å². The van der Waals surface area contributed by atoms with Crippen LogP contribution in [0.4, 0.5) is 27.6 Å². The number of amides is 2. The highest BCUT2D eigenvalue weighted by Gasteiger charge is 2.51. The Morgan fingerprint density at radius 3 is 2.06 bits per heavy atom. The molecule has 9 nitrogen and oxygen atoms in total. The number of rotatable bonds is 9. The average molecular weight is 751 g/mol. The summed E-state index contributed by atoms with van der Waals surface area (Å²) in [5, 5.41) is 14.9. The van der Waals surface area contributed by atoms with Crippen LogP contribution >= 0.6 is 0 Å². The van der Waals surface area contributed by atoms with Crippen molar-refractivity contribution in [2.24, 2.45) is 5.92 Å². The van der Waals surface area contributed by atoms with Gasteiger partial charge < -0.3 is 35.0 Å². The van der Waals surface area contributed by atoms with E-state index in [9.17, 15) is 36.6 Å². The van der Waals surface area contributed by atoms with Crippen LogP contribution in [0.1, 0.15) is 64.8 Å². The van der Waals surface area contributed by atoms with Crippen LogP contribution in [-0.4, -0.2) is 59.8 Å². The molecule has 0 radical (unpaired) electrons. The standard InChI is InChI=1S/C40H39F5N4O5/c1-23-29(20-48-17-15-40(16-18-48)39(52)47-22-49(40)28-5-3-2-4-6-28)53-38(54-36(23)26-11-9-25(21-50)10-12-26)27-13-7-24(8-14-27)19-46-37(51)30-31(41)33(43)35(45)34(44)32(30)42/h2-14,23,29,36,38,50H,15-22H2,1H3,(H,46,51)(H,47,52)/t23-,29+,36+,38+/m1/s1. The number of piperidine rings is 1. The third-order valence-electron chi connectivity index (χ3n) is 10.8. The Hall–Kier alpha value is -4.89. The molecule has 3 aliphatic rings. The molecule has 3 N–H and O–H groups in total. The van der Waals surface area contributed by atoms with Gasteiger partial charge in [0.1, 0.15) is 11.1 Å². The Morgan fingerprint density at radius 1 is 0.833 bits per heavy atom. The van der Waals surface area contributed by atoms with Crippen LogP contribution in [0, 0.1) is 35.0 Å². The fourth-order valence-corrected chi connectivity index (χ4v) is 7.59. The van der Waals surface area contributed by atoms with Gasteiger partial charge in [0, 0.05) is 43.3 Å². The number of benzene rings is 4. The van der Waals surface area contributed by atoms with E-state index < -0.39 is 52.4 Å². The monoisotopic (exact) mass is 750 g/mol. The number of ether oxygens (including phenoxy) is 2. The quantitative estimate of drug-likeness (QED) is 0.109. The van der Waals surface area contributed by atoms with Gasteiger partial charge in [0.15, 0.2) is 29.6 Å². The second-order valence-corrected chi connectivity index (χ2v) is 14.0. The highest BCUT2D eigenvalue weighted by Crippen LogP contribution is 2.43. The van der Waals surface area contributed by atoms with Crippen molar-refractivity contribution in [2.75, 3.05) is 31.2 Å². The van der Waals surface area contributed by atoms with Crippen LogP contribution in [0.3, 0.4) is 0 Å². The van der Waals surface area contributed by atoms with E-state index in [1.54, 1.807) is 24.3 Å². The summed E-state index contributed by atoms with van der Waals surface area (Å²) in [7, 11) is 0. The van der Waals surface area contributed by atoms with E-state index >= 15 is 0 Å². The number of aliphatic hydroxyl groups is 1. The van der Waals surface area contributed by atoms with Crippen molar-refractivity contribution < 1.29 is 46.1 Å². The van der Waals surface area contributed by atoms with Gasteiger partial charge in [0.25, 0.3) is 5.91 Å². The van der Waals surface area contributed by atoms with E-state index in [1.807, 2.05) is 54.6 Å². The Kier molecular flexibility index (Phi) is 10.7. The van der Waals surface area contributed by atoms with Crippen molar-refractivity contribution >= 4 is 17.5 Å². The number of hydrogen-bond donors (Lipinski definition) is 3. The van der Waals surface area contributed by atoms with Gasteiger partial charge in [-0.3, -0.25) is 9.59 Å². The molecule has 284 valence electrons. The fourth-order valence-electron chi connectivity index (χ4n) is 7.59. The normalized spacial score (nSPS) is 22.7. The maximum absolute atomic E-state index is 14.2. The topological polar surface area (TPSA) is 103 Å². The lowest BCUT2D eigenvalue weighted by Crippen LogP contribution is -2.57. The number of hydrogen-bond acceptors (Lipinski definition) is 7. The molecule has 54 heavy (non-hydrogen) atoms. The molecule has 0 aliphatic carbocycles. The summed E-state index contributed by atoms with van der Waals surface area (Å²) in [5.41, 5.74) is 1.61. The molecule has 0 saturated carbocycles. The predicted octanol–water partition coefficient (Wildman–Crippen LogP) is 6.02. The SMILES string of the molecule is C[C@@H]1[C@H](CN2CCC3(CC2)C(=O)NCN3c2ccccc2)O[C@H](c2ccc(CNC(=O)c3c(F)c(F)c(F)c(F)c3F)cc2)O[C@@H]1c1ccc(CO)cc1. The van der Waals surface area contributed by atoms with Crippen LogP contribution in [-0.2, 0) is 27.4 Å². The second kappa shape index (κ2) is 15.5. The van der Waals surface area contributed by atoms with Crippen LogP contribution in [0.15, 0.2) is 78.9 Å². The van der Waals surface area contributed by atoms with E-state index in [-0.39, 0.29) is 37.2 Å².